The molecule has 1 fully saturated rings. The monoisotopic (exact) mass is 312 g/mol. The fourth-order valence-electron chi connectivity index (χ4n) is 2.74. The van der Waals surface area contributed by atoms with Crippen LogP contribution in [0, 0.1) is 5.92 Å². The van der Waals surface area contributed by atoms with Gasteiger partial charge in [-0.05, 0) is 37.1 Å². The van der Waals surface area contributed by atoms with Crippen molar-refractivity contribution < 1.29 is 9.53 Å². The van der Waals surface area contributed by atoms with Gasteiger partial charge in [0.25, 0.3) is 0 Å². The number of nitrogens with one attached hydrogen (secondary N) is 1. The molecular weight excluding hydrogens is 292 g/mol. The van der Waals surface area contributed by atoms with E-state index in [-0.39, 0.29) is 11.8 Å². The molecule has 2 aromatic rings. The van der Waals surface area contributed by atoms with E-state index in [1.54, 1.807) is 25.7 Å². The van der Waals surface area contributed by atoms with Crippen molar-refractivity contribution in [2.75, 3.05) is 30.4 Å². The minimum Gasteiger partial charge on any atom is -0.497 e. The largest absolute Gasteiger partial charge is 0.497 e. The highest BCUT2D eigenvalue weighted by Crippen LogP contribution is 2.23. The number of rotatable bonds is 4. The van der Waals surface area contributed by atoms with Crippen LogP contribution in [0.4, 0.5) is 11.5 Å². The van der Waals surface area contributed by atoms with Crippen molar-refractivity contribution in [3.05, 3.63) is 42.9 Å². The molecule has 6 nitrogen and oxygen atoms in total. The first-order valence-corrected chi connectivity index (χ1v) is 7.72. The number of piperidine rings is 1. The zero-order chi connectivity index (χ0) is 16.1. The number of carbonyl (C=O) groups excluding carboxylic acids is 1. The van der Waals surface area contributed by atoms with E-state index in [1.165, 1.54) is 0 Å². The lowest BCUT2D eigenvalue weighted by Crippen LogP contribution is -2.38. The fourth-order valence-corrected chi connectivity index (χ4v) is 2.74. The second-order valence-electron chi connectivity index (χ2n) is 5.54. The zero-order valence-corrected chi connectivity index (χ0v) is 13.1. The first-order valence-electron chi connectivity index (χ1n) is 7.72. The number of hydrogen-bond donors (Lipinski definition) is 1. The fraction of sp³-hybridized carbons (Fsp3) is 0.353. The van der Waals surface area contributed by atoms with E-state index >= 15 is 0 Å². The van der Waals surface area contributed by atoms with Gasteiger partial charge in [-0.1, -0.05) is 0 Å². The number of nitrogens with zero attached hydrogens (tertiary/aromatic N) is 3. The van der Waals surface area contributed by atoms with Crippen molar-refractivity contribution in [1.29, 1.82) is 0 Å². The van der Waals surface area contributed by atoms with Gasteiger partial charge in [0, 0.05) is 37.1 Å². The van der Waals surface area contributed by atoms with E-state index in [4.69, 9.17) is 4.74 Å². The predicted octanol–water partition coefficient (Wildman–Crippen LogP) is 2.34. The van der Waals surface area contributed by atoms with Gasteiger partial charge < -0.3 is 15.0 Å². The van der Waals surface area contributed by atoms with Crippen LogP contribution < -0.4 is 15.0 Å². The lowest BCUT2D eigenvalue weighted by molar-refractivity contribution is -0.120. The molecule has 1 aromatic carbocycles. The highest BCUT2D eigenvalue weighted by Gasteiger charge is 2.25. The minimum atomic E-state index is 0.0324. The van der Waals surface area contributed by atoms with Crippen LogP contribution in [0.3, 0.4) is 0 Å². The van der Waals surface area contributed by atoms with Gasteiger partial charge in [-0.25, -0.2) is 4.98 Å². The van der Waals surface area contributed by atoms with Crippen molar-refractivity contribution in [2.24, 2.45) is 5.92 Å². The van der Waals surface area contributed by atoms with Gasteiger partial charge in [0.1, 0.15) is 11.6 Å². The SMILES string of the molecule is COc1ccc(NC(=O)C2CCN(c3cnccn3)CC2)cc1. The maximum absolute atomic E-state index is 12.4. The van der Waals surface area contributed by atoms with Crippen LogP contribution in [0.5, 0.6) is 5.75 Å². The molecule has 0 spiro atoms. The number of benzene rings is 1. The first kappa shape index (κ1) is 15.3. The summed E-state index contributed by atoms with van der Waals surface area (Å²) >= 11 is 0. The van der Waals surface area contributed by atoms with Crippen LogP contribution in [-0.2, 0) is 4.79 Å². The number of anilines is 2. The number of carbonyl (C=O) groups is 1. The summed E-state index contributed by atoms with van der Waals surface area (Å²) in [6, 6.07) is 7.38. The molecule has 1 saturated heterocycles. The predicted molar refractivity (Wildman–Crippen MR) is 88.6 cm³/mol. The van der Waals surface area contributed by atoms with Gasteiger partial charge in [-0.3, -0.25) is 9.78 Å². The van der Waals surface area contributed by atoms with E-state index in [0.717, 1.165) is 43.2 Å². The van der Waals surface area contributed by atoms with Gasteiger partial charge in [0.05, 0.1) is 13.3 Å². The quantitative estimate of drug-likeness (QED) is 0.938. The molecule has 0 atom stereocenters. The minimum absolute atomic E-state index is 0.0324. The van der Waals surface area contributed by atoms with E-state index in [9.17, 15) is 4.79 Å². The molecule has 1 aliphatic rings. The van der Waals surface area contributed by atoms with E-state index in [1.807, 2.05) is 24.3 Å². The summed E-state index contributed by atoms with van der Waals surface area (Å²) in [4.78, 5) is 22.9. The van der Waals surface area contributed by atoms with Crippen LogP contribution in [0.25, 0.3) is 0 Å². The van der Waals surface area contributed by atoms with E-state index in [0.29, 0.717) is 0 Å². The number of amides is 1. The summed E-state index contributed by atoms with van der Waals surface area (Å²) in [6.45, 7) is 1.64. The molecule has 1 N–H and O–H groups in total. The molecule has 0 bridgehead atoms. The lowest BCUT2D eigenvalue weighted by Gasteiger charge is -2.31. The molecule has 2 heterocycles. The Hall–Kier alpha value is -2.63. The van der Waals surface area contributed by atoms with Crippen molar-refractivity contribution in [2.45, 2.75) is 12.8 Å². The third-order valence-corrected chi connectivity index (χ3v) is 4.10. The number of ether oxygens (including phenoxy) is 1. The Kier molecular flexibility index (Phi) is 4.71. The average molecular weight is 312 g/mol. The van der Waals surface area contributed by atoms with Gasteiger partial charge in [-0.2, -0.15) is 0 Å². The highest BCUT2D eigenvalue weighted by atomic mass is 16.5. The summed E-state index contributed by atoms with van der Waals surface area (Å²) in [6.07, 6.45) is 6.76. The Labute approximate surface area is 135 Å². The normalized spacial score (nSPS) is 15.3. The average Bonchev–Trinajstić information content (AvgIpc) is 2.63. The summed E-state index contributed by atoms with van der Waals surface area (Å²) in [5, 5.41) is 2.98. The maximum Gasteiger partial charge on any atom is 0.227 e. The topological polar surface area (TPSA) is 67.3 Å². The molecular formula is C17H20N4O2. The Morgan fingerprint density at radius 2 is 1.96 bits per heavy atom. The Morgan fingerprint density at radius 1 is 1.22 bits per heavy atom. The van der Waals surface area contributed by atoms with E-state index in [2.05, 4.69) is 20.2 Å². The second-order valence-corrected chi connectivity index (χ2v) is 5.54. The molecule has 0 aliphatic carbocycles. The molecule has 6 heteroatoms. The van der Waals surface area contributed by atoms with Crippen LogP contribution in [0.2, 0.25) is 0 Å². The summed E-state index contributed by atoms with van der Waals surface area (Å²) in [5.74, 6) is 1.76. The zero-order valence-electron chi connectivity index (χ0n) is 13.1. The lowest BCUT2D eigenvalue weighted by atomic mass is 9.96. The molecule has 1 aromatic heterocycles. The van der Waals surface area contributed by atoms with Crippen molar-refractivity contribution in [1.82, 2.24) is 9.97 Å². The van der Waals surface area contributed by atoms with Crippen LogP contribution >= 0.6 is 0 Å². The van der Waals surface area contributed by atoms with Gasteiger partial charge >= 0.3 is 0 Å². The summed E-state index contributed by atoms with van der Waals surface area (Å²) in [5.41, 5.74) is 0.798. The molecule has 3 rings (SSSR count). The van der Waals surface area contributed by atoms with Gasteiger partial charge in [0.2, 0.25) is 5.91 Å². The van der Waals surface area contributed by atoms with Crippen LogP contribution in [0.15, 0.2) is 42.9 Å². The van der Waals surface area contributed by atoms with Crippen LogP contribution in [-0.4, -0.2) is 36.1 Å². The molecule has 0 unspecified atom stereocenters. The third-order valence-electron chi connectivity index (χ3n) is 4.10. The Bertz CT molecular complexity index is 637. The smallest absolute Gasteiger partial charge is 0.227 e. The Morgan fingerprint density at radius 3 is 2.57 bits per heavy atom. The molecule has 1 aliphatic heterocycles. The summed E-state index contributed by atoms with van der Waals surface area (Å²) in [7, 11) is 1.62. The number of methoxy groups -OCH3 is 1. The molecule has 23 heavy (non-hydrogen) atoms. The van der Waals surface area contributed by atoms with Gasteiger partial charge in [0.15, 0.2) is 0 Å². The molecule has 1 amide bonds. The first-order chi connectivity index (χ1) is 11.3. The molecule has 0 saturated carbocycles. The third kappa shape index (κ3) is 3.77. The standard InChI is InChI=1S/C17H20N4O2/c1-23-15-4-2-14(3-5-15)20-17(22)13-6-10-21(11-7-13)16-12-18-8-9-19-16/h2-5,8-9,12-13H,6-7,10-11H2,1H3,(H,20,22). The van der Waals surface area contributed by atoms with Gasteiger partial charge in [-0.15, -0.1) is 0 Å². The number of hydrogen-bond acceptors (Lipinski definition) is 5. The van der Waals surface area contributed by atoms with Crippen molar-refractivity contribution in [3.63, 3.8) is 0 Å². The molecule has 120 valence electrons. The summed E-state index contributed by atoms with van der Waals surface area (Å²) < 4.78 is 5.12. The van der Waals surface area contributed by atoms with Crippen molar-refractivity contribution in [3.8, 4) is 5.75 Å². The Balaban J connectivity index is 1.53. The van der Waals surface area contributed by atoms with E-state index < -0.39 is 0 Å². The highest BCUT2D eigenvalue weighted by molar-refractivity contribution is 5.92. The van der Waals surface area contributed by atoms with Crippen molar-refractivity contribution >= 4 is 17.4 Å². The van der Waals surface area contributed by atoms with Crippen LogP contribution in [0.1, 0.15) is 12.8 Å². The second kappa shape index (κ2) is 7.09. The maximum atomic E-state index is 12.4. The molecule has 0 radical (unpaired) electrons. The number of aromatic nitrogens is 2.